The summed E-state index contributed by atoms with van der Waals surface area (Å²) < 4.78 is 0. The summed E-state index contributed by atoms with van der Waals surface area (Å²) in [5.41, 5.74) is 2.06. The van der Waals surface area contributed by atoms with Gasteiger partial charge in [-0.25, -0.2) is 0 Å². The first-order valence-electron chi connectivity index (χ1n) is 8.01. The van der Waals surface area contributed by atoms with Crippen LogP contribution in [0, 0.1) is 11.3 Å². The molecule has 2 heteroatoms. The number of benzene rings is 1. The molecule has 1 aromatic rings. The molecule has 0 fully saturated rings. The Morgan fingerprint density at radius 2 is 1.82 bits per heavy atom. The van der Waals surface area contributed by atoms with E-state index >= 15 is 0 Å². The van der Waals surface area contributed by atoms with Gasteiger partial charge in [-0.05, 0) is 37.3 Å². The maximum atomic E-state index is 13.3. The lowest BCUT2D eigenvalue weighted by Gasteiger charge is -2.39. The summed E-state index contributed by atoms with van der Waals surface area (Å²) in [7, 11) is 0. The molecule has 2 atom stereocenters. The van der Waals surface area contributed by atoms with Crippen LogP contribution in [0.25, 0.3) is 6.08 Å². The molecule has 0 bridgehead atoms. The number of fused-ring (bicyclic) bond motifs is 3. The molecule has 1 heterocycles. The number of amides is 1. The zero-order valence-electron chi connectivity index (χ0n) is 14.1. The number of nitrogens with zero attached hydrogens (tertiary/aromatic N) is 1. The van der Waals surface area contributed by atoms with Gasteiger partial charge in [-0.3, -0.25) is 4.79 Å². The monoisotopic (exact) mass is 295 g/mol. The predicted octanol–water partition coefficient (Wildman–Crippen LogP) is 4.59. The third-order valence-corrected chi connectivity index (χ3v) is 4.91. The second-order valence-corrected chi connectivity index (χ2v) is 8.01. The highest BCUT2D eigenvalue weighted by atomic mass is 16.2. The molecule has 0 aromatic heterocycles. The van der Waals surface area contributed by atoms with Crippen LogP contribution in [0.15, 0.2) is 42.6 Å². The summed E-state index contributed by atoms with van der Waals surface area (Å²) in [6.07, 6.45) is 8.59. The number of hydrogen-bond acceptors (Lipinski definition) is 1. The molecule has 2 aliphatic rings. The number of allylic oxidation sites excluding steroid dienone is 2. The van der Waals surface area contributed by atoms with E-state index in [1.54, 1.807) is 0 Å². The van der Waals surface area contributed by atoms with Crippen molar-refractivity contribution >= 4 is 12.0 Å². The molecule has 1 aliphatic carbocycles. The van der Waals surface area contributed by atoms with Gasteiger partial charge in [0.05, 0.1) is 5.92 Å². The summed E-state index contributed by atoms with van der Waals surface area (Å²) in [6.45, 7) is 10.7. The van der Waals surface area contributed by atoms with Gasteiger partial charge in [-0.15, -0.1) is 0 Å². The molecule has 0 N–H and O–H groups in total. The number of carbonyl (C=O) groups excluding carboxylic acids is 1. The van der Waals surface area contributed by atoms with Crippen molar-refractivity contribution in [2.75, 3.05) is 0 Å². The number of hydrogen-bond donors (Lipinski definition) is 0. The lowest BCUT2D eigenvalue weighted by molar-refractivity contribution is -0.135. The minimum absolute atomic E-state index is 0.0512. The van der Waals surface area contributed by atoms with Gasteiger partial charge in [0.15, 0.2) is 0 Å². The Labute approximate surface area is 133 Å². The van der Waals surface area contributed by atoms with Crippen LogP contribution in [0.5, 0.6) is 0 Å². The summed E-state index contributed by atoms with van der Waals surface area (Å²) in [6, 6.07) is 8.28. The van der Waals surface area contributed by atoms with E-state index in [2.05, 4.69) is 65.0 Å². The van der Waals surface area contributed by atoms with E-state index in [-0.39, 0.29) is 28.7 Å². The van der Waals surface area contributed by atoms with Crippen LogP contribution in [0.4, 0.5) is 0 Å². The molecule has 0 saturated heterocycles. The fourth-order valence-electron chi connectivity index (χ4n) is 3.58. The van der Waals surface area contributed by atoms with Gasteiger partial charge in [0.1, 0.15) is 0 Å². The molecule has 3 rings (SSSR count). The highest BCUT2D eigenvalue weighted by Gasteiger charge is 2.45. The summed E-state index contributed by atoms with van der Waals surface area (Å²) in [5, 5.41) is 0. The van der Waals surface area contributed by atoms with Crippen molar-refractivity contribution in [2.45, 2.75) is 46.1 Å². The first-order valence-corrected chi connectivity index (χ1v) is 8.01. The maximum Gasteiger partial charge on any atom is 0.235 e. The average Bonchev–Trinajstić information content (AvgIpc) is 2.54. The number of rotatable bonds is 0. The van der Waals surface area contributed by atoms with E-state index in [1.165, 1.54) is 5.56 Å². The second kappa shape index (κ2) is 4.84. The normalized spacial score (nSPS) is 26.4. The zero-order valence-corrected chi connectivity index (χ0v) is 14.1. The lowest BCUT2D eigenvalue weighted by Crippen LogP contribution is -2.45. The largest absolute Gasteiger partial charge is 0.314 e. The van der Waals surface area contributed by atoms with Gasteiger partial charge in [0.2, 0.25) is 5.91 Å². The van der Waals surface area contributed by atoms with Crippen molar-refractivity contribution in [3.05, 3.63) is 53.7 Å². The maximum absolute atomic E-state index is 13.3. The molecular weight excluding hydrogens is 270 g/mol. The van der Waals surface area contributed by atoms with Crippen LogP contribution in [0.2, 0.25) is 0 Å². The fourth-order valence-corrected chi connectivity index (χ4v) is 3.58. The van der Waals surface area contributed by atoms with Crippen molar-refractivity contribution in [3.63, 3.8) is 0 Å². The molecule has 0 saturated carbocycles. The van der Waals surface area contributed by atoms with Crippen molar-refractivity contribution in [1.82, 2.24) is 4.90 Å². The number of carbonyl (C=O) groups is 1. The van der Waals surface area contributed by atoms with Crippen LogP contribution >= 0.6 is 0 Å². The van der Waals surface area contributed by atoms with Gasteiger partial charge in [-0.2, -0.15) is 0 Å². The summed E-state index contributed by atoms with van der Waals surface area (Å²) in [5.74, 6) is 0.292. The van der Waals surface area contributed by atoms with Crippen LogP contribution < -0.4 is 0 Å². The van der Waals surface area contributed by atoms with E-state index in [4.69, 9.17) is 0 Å². The zero-order chi connectivity index (χ0) is 16.1. The quantitative estimate of drug-likeness (QED) is 0.685. The molecule has 2 nitrogen and oxygen atoms in total. The van der Waals surface area contributed by atoms with Crippen molar-refractivity contribution in [3.8, 4) is 0 Å². The van der Waals surface area contributed by atoms with Crippen molar-refractivity contribution in [2.24, 2.45) is 11.3 Å². The van der Waals surface area contributed by atoms with Crippen LogP contribution in [0.1, 0.15) is 51.7 Å². The Morgan fingerprint density at radius 1 is 1.14 bits per heavy atom. The highest BCUT2D eigenvalue weighted by molar-refractivity contribution is 5.89. The van der Waals surface area contributed by atoms with Crippen LogP contribution in [-0.4, -0.2) is 16.3 Å². The van der Waals surface area contributed by atoms with E-state index in [1.807, 2.05) is 23.2 Å². The Hall–Kier alpha value is -1.83. The van der Waals surface area contributed by atoms with Gasteiger partial charge in [0, 0.05) is 17.7 Å². The molecule has 116 valence electrons. The first kappa shape index (κ1) is 15.1. The minimum atomic E-state index is -0.214. The molecule has 0 spiro atoms. The molecule has 22 heavy (non-hydrogen) atoms. The molecular formula is C20H25NO. The first-order chi connectivity index (χ1) is 10.2. The Kier molecular flexibility index (Phi) is 3.32. The van der Waals surface area contributed by atoms with Gasteiger partial charge in [-0.1, -0.05) is 56.3 Å². The van der Waals surface area contributed by atoms with Gasteiger partial charge >= 0.3 is 0 Å². The van der Waals surface area contributed by atoms with E-state index in [0.29, 0.717) is 0 Å². The third kappa shape index (κ3) is 2.31. The Balaban J connectivity index is 2.18. The molecule has 1 aromatic carbocycles. The molecule has 0 radical (unpaired) electrons. The topological polar surface area (TPSA) is 20.3 Å². The summed E-state index contributed by atoms with van der Waals surface area (Å²) in [4.78, 5) is 15.2. The van der Waals surface area contributed by atoms with Crippen LogP contribution in [0.3, 0.4) is 0 Å². The summed E-state index contributed by atoms with van der Waals surface area (Å²) >= 11 is 0. The van der Waals surface area contributed by atoms with Gasteiger partial charge in [0.25, 0.3) is 0 Å². The standard InChI is InChI=1S/C20H25NO/c1-19(2,3)21-13-12-20(4,5)16-11-10-14-8-6-7-9-15(14)17(16)18(21)22/h6-13,16-17H,1-5H3/t16-,17+/m1/s1. The minimum Gasteiger partial charge on any atom is -0.314 e. The third-order valence-electron chi connectivity index (χ3n) is 4.91. The Morgan fingerprint density at radius 3 is 2.50 bits per heavy atom. The van der Waals surface area contributed by atoms with Crippen molar-refractivity contribution in [1.29, 1.82) is 0 Å². The molecule has 0 unspecified atom stereocenters. The fraction of sp³-hybridized carbons (Fsp3) is 0.450. The van der Waals surface area contributed by atoms with E-state index < -0.39 is 0 Å². The van der Waals surface area contributed by atoms with Gasteiger partial charge < -0.3 is 4.90 Å². The lowest BCUT2D eigenvalue weighted by atomic mass is 9.66. The smallest absolute Gasteiger partial charge is 0.235 e. The molecule has 1 aliphatic heterocycles. The van der Waals surface area contributed by atoms with Crippen LogP contribution in [-0.2, 0) is 4.79 Å². The molecule has 1 amide bonds. The Bertz CT molecular complexity index is 661. The SMILES string of the molecule is CC1(C)C=CN(C(C)(C)C)C(=O)[C@H]2c3ccccc3C=C[C@H]21. The highest BCUT2D eigenvalue weighted by Crippen LogP contribution is 2.47. The van der Waals surface area contributed by atoms with E-state index in [9.17, 15) is 4.79 Å². The van der Waals surface area contributed by atoms with Crippen molar-refractivity contribution < 1.29 is 4.79 Å². The predicted molar refractivity (Wildman–Crippen MR) is 91.2 cm³/mol. The van der Waals surface area contributed by atoms with E-state index in [0.717, 1.165) is 5.56 Å². The average molecular weight is 295 g/mol. The second-order valence-electron chi connectivity index (χ2n) is 8.01.